The highest BCUT2D eigenvalue weighted by Crippen LogP contribution is 2.40. The van der Waals surface area contributed by atoms with Crippen LogP contribution in [0.15, 0.2) is 107 Å². The van der Waals surface area contributed by atoms with Gasteiger partial charge in [0.15, 0.2) is 11.6 Å². The van der Waals surface area contributed by atoms with Crippen molar-refractivity contribution in [2.75, 3.05) is 118 Å². The van der Waals surface area contributed by atoms with Crippen molar-refractivity contribution in [1.29, 1.82) is 0 Å². The van der Waals surface area contributed by atoms with Crippen molar-refractivity contribution in [2.45, 2.75) is 104 Å². The van der Waals surface area contributed by atoms with E-state index in [1.54, 1.807) is 46.6 Å². The van der Waals surface area contributed by atoms with Crippen LogP contribution in [0, 0.1) is 27.7 Å². The number of rotatable bonds is 37. The molecule has 18 nitrogen and oxygen atoms in total. The number of unbranched alkanes of at least 4 members (excludes halogenated alkanes) is 1. The lowest BCUT2D eigenvalue weighted by molar-refractivity contribution is -0.133. The quantitative estimate of drug-likeness (QED) is 0.0276. The summed E-state index contributed by atoms with van der Waals surface area (Å²) in [5.41, 5.74) is 8.26. The van der Waals surface area contributed by atoms with E-state index in [1.165, 1.54) is 4.88 Å². The number of amides is 2. The average Bonchev–Trinajstić information content (AvgIpc) is 1.61. The number of ether oxygens (including phenoxy) is 4. The molecule has 2 saturated heterocycles. The number of likely N-dealkylation sites (tertiary alicyclic amines) is 1. The van der Waals surface area contributed by atoms with E-state index in [9.17, 15) is 24.0 Å². The zero-order chi connectivity index (χ0) is 68.6. The molecular weight excluding hydrogens is 1330 g/mol. The summed E-state index contributed by atoms with van der Waals surface area (Å²) >= 11 is 26.9. The third-order valence-corrected chi connectivity index (χ3v) is 20.1. The average molecular weight is 1420 g/mol. The summed E-state index contributed by atoms with van der Waals surface area (Å²) in [6, 6.07) is 27.1. The van der Waals surface area contributed by atoms with Crippen LogP contribution in [-0.2, 0) is 49.3 Å². The molecule has 518 valence electrons. The zero-order valence-corrected chi connectivity index (χ0v) is 59.8. The first-order valence-corrected chi connectivity index (χ1v) is 36.0. The fourth-order valence-electron chi connectivity index (χ4n) is 12.1. The molecule has 6 aromatic rings. The number of hydrogen-bond acceptors (Lipinski definition) is 16. The van der Waals surface area contributed by atoms with Crippen LogP contribution in [0.4, 0.5) is 0 Å². The number of Topliss-reactive ketones (excluding diaryl/α,β-unsaturated/α-hetero) is 3. The summed E-state index contributed by atoms with van der Waals surface area (Å²) in [6.07, 6.45) is 9.34. The number of fused-ring (bicyclic) bond motifs is 3. The van der Waals surface area contributed by atoms with Gasteiger partial charge in [0.2, 0.25) is 11.8 Å². The molecule has 0 spiro atoms. The summed E-state index contributed by atoms with van der Waals surface area (Å²) in [5, 5.41) is 18.3. The number of carbonyl (C=O) groups is 5. The SMILES string of the molecule is Cc1cc(/C=C2\CN(C(=O)[C@H](Cc3ccccc3)NCCOCCNC(=O)CCOCCOCCOCCCC(=O)CCCCN3CCN(CCCC(=O)C[C@@H]4N=C(c5ccc(Cl)cc5)c5c(sc(C)c5C)-n5c(C)nnc54)CC3)C/C(=C\c3ccc(Cl)c(Cl)c3)C2=O)ccc1Cl. The Hall–Kier alpha value is -6.30. The summed E-state index contributed by atoms with van der Waals surface area (Å²) in [6.45, 7) is 17.6. The van der Waals surface area contributed by atoms with Crippen molar-refractivity contribution in [1.82, 2.24) is 40.1 Å². The standard InChI is InChI=1S/C74H89Cl4N9O9S/c1-50-42-55(17-23-63(50)76)43-58-48-86(49-59(71(58)91)44-56-18-24-64(77)65(78)45-56)73(92)67(46-54-12-6-5-7-13-54)79-26-36-95-37-27-80-68(90)25-35-94-39-41-96-40-38-93-34-11-16-61(88)14-8-9-28-84-30-32-85(33-31-84)29-10-15-62(89)47-66-72-83-82-53(4)87(72)74-69(51(2)52(3)97-74)70(81-66)57-19-21-60(75)22-20-57/h5-7,12-13,17-24,42-45,66-67,79H,8-11,14-16,25-41,46-49H2,1-4H3,(H,80,90)/b58-43+,59-44+/t66-,67-/m0/s1. The number of aromatic nitrogens is 3. The highest BCUT2D eigenvalue weighted by molar-refractivity contribution is 7.15. The highest BCUT2D eigenvalue weighted by Gasteiger charge is 2.35. The zero-order valence-electron chi connectivity index (χ0n) is 56.0. The highest BCUT2D eigenvalue weighted by atomic mass is 35.5. The Kier molecular flexibility index (Phi) is 29.6. The van der Waals surface area contributed by atoms with Crippen LogP contribution in [0.3, 0.4) is 0 Å². The van der Waals surface area contributed by atoms with Gasteiger partial charge in [-0.1, -0.05) is 107 Å². The second-order valence-electron chi connectivity index (χ2n) is 24.8. The van der Waals surface area contributed by atoms with Crippen LogP contribution in [0.25, 0.3) is 17.2 Å². The summed E-state index contributed by atoms with van der Waals surface area (Å²) in [5.74, 6) is 1.43. The Bertz CT molecular complexity index is 3670. The van der Waals surface area contributed by atoms with Gasteiger partial charge in [-0.2, -0.15) is 0 Å². The maximum atomic E-state index is 14.5. The first-order valence-electron chi connectivity index (χ1n) is 33.6. The molecule has 0 aliphatic carbocycles. The van der Waals surface area contributed by atoms with Gasteiger partial charge >= 0.3 is 0 Å². The monoisotopic (exact) mass is 1420 g/mol. The van der Waals surface area contributed by atoms with E-state index in [0.29, 0.717) is 127 Å². The maximum Gasteiger partial charge on any atom is 0.240 e. The van der Waals surface area contributed by atoms with Crippen LogP contribution >= 0.6 is 57.7 Å². The van der Waals surface area contributed by atoms with Crippen LogP contribution < -0.4 is 10.6 Å². The molecule has 23 heteroatoms. The number of nitrogens with zero attached hydrogens (tertiary/aromatic N) is 7. The van der Waals surface area contributed by atoms with E-state index >= 15 is 0 Å². The summed E-state index contributed by atoms with van der Waals surface area (Å²) < 4.78 is 24.9. The molecule has 2 atom stereocenters. The van der Waals surface area contributed by atoms with Crippen LogP contribution in [0.2, 0.25) is 20.1 Å². The Balaban J connectivity index is 0.566. The van der Waals surface area contributed by atoms with Gasteiger partial charge in [-0.25, -0.2) is 0 Å². The number of aryl methyl sites for hydroxylation is 3. The Morgan fingerprint density at radius 2 is 1.26 bits per heavy atom. The number of benzene rings is 4. The van der Waals surface area contributed by atoms with Gasteiger partial charge in [0.1, 0.15) is 28.4 Å². The number of piperazine rings is 1. The number of thiophene rings is 1. The number of hydrogen-bond donors (Lipinski definition) is 2. The van der Waals surface area contributed by atoms with Gasteiger partial charge in [-0.15, -0.1) is 21.5 Å². The Morgan fingerprint density at radius 1 is 0.639 bits per heavy atom. The number of piperidine rings is 1. The molecule has 3 aliphatic rings. The Labute approximate surface area is 594 Å². The molecule has 4 aromatic carbocycles. The molecular formula is C74H89Cl4N9O9S. The Morgan fingerprint density at radius 3 is 1.95 bits per heavy atom. The lowest BCUT2D eigenvalue weighted by Gasteiger charge is -2.34. The number of aliphatic imine (C=N–C) groups is 1. The topological polar surface area (TPSA) is 199 Å². The van der Waals surface area contributed by atoms with Crippen molar-refractivity contribution >= 4 is 105 Å². The van der Waals surface area contributed by atoms with Gasteiger partial charge < -0.3 is 44.3 Å². The number of halogens is 4. The van der Waals surface area contributed by atoms with Crippen molar-refractivity contribution in [3.63, 3.8) is 0 Å². The second kappa shape index (κ2) is 38.3. The van der Waals surface area contributed by atoms with Gasteiger partial charge in [-0.05, 0) is 143 Å². The van der Waals surface area contributed by atoms with E-state index in [2.05, 4.69) is 49.0 Å². The van der Waals surface area contributed by atoms with Gasteiger partial charge in [0.05, 0.1) is 68.0 Å². The number of nitrogens with one attached hydrogen (secondary N) is 2. The van der Waals surface area contributed by atoms with Gasteiger partial charge in [0, 0.05) is 128 Å². The molecule has 97 heavy (non-hydrogen) atoms. The largest absolute Gasteiger partial charge is 0.379 e. The summed E-state index contributed by atoms with van der Waals surface area (Å²) in [4.78, 5) is 80.5. The second-order valence-corrected chi connectivity index (χ2v) is 27.7. The predicted molar refractivity (Wildman–Crippen MR) is 386 cm³/mol. The molecule has 0 saturated carbocycles. The van der Waals surface area contributed by atoms with Crippen molar-refractivity contribution < 1.29 is 42.9 Å². The van der Waals surface area contributed by atoms with Crippen LogP contribution in [0.5, 0.6) is 0 Å². The minimum Gasteiger partial charge on any atom is -0.379 e. The molecule has 9 rings (SSSR count). The molecule has 2 aromatic heterocycles. The molecule has 0 radical (unpaired) electrons. The van der Waals surface area contributed by atoms with Crippen molar-refractivity contribution in [3.05, 3.63) is 178 Å². The fraction of sp³-hybridized carbons (Fsp3) is 0.459. The van der Waals surface area contributed by atoms with Crippen LogP contribution in [0.1, 0.15) is 119 Å². The molecule has 3 aliphatic heterocycles. The summed E-state index contributed by atoms with van der Waals surface area (Å²) in [7, 11) is 0. The van der Waals surface area contributed by atoms with E-state index in [1.807, 2.05) is 86.7 Å². The van der Waals surface area contributed by atoms with E-state index < -0.39 is 12.1 Å². The fourth-order valence-corrected chi connectivity index (χ4v) is 13.8. The molecule has 0 bridgehead atoms. The van der Waals surface area contributed by atoms with E-state index in [0.717, 1.165) is 108 Å². The first kappa shape index (κ1) is 74.9. The molecule has 2 N–H and O–H groups in total. The van der Waals surface area contributed by atoms with E-state index in [4.69, 9.17) is 70.3 Å². The molecule has 0 unspecified atom stereocenters. The third-order valence-electron chi connectivity index (χ3n) is 17.5. The predicted octanol–water partition coefficient (Wildman–Crippen LogP) is 12.3. The van der Waals surface area contributed by atoms with Gasteiger partial charge in [-0.3, -0.25) is 33.5 Å². The normalized spacial score (nSPS) is 16.3. The van der Waals surface area contributed by atoms with Crippen molar-refractivity contribution in [3.8, 4) is 5.00 Å². The molecule has 2 fully saturated rings. The minimum absolute atomic E-state index is 0.0971. The number of carbonyl (C=O) groups excluding carboxylic acids is 5. The molecule has 5 heterocycles. The lowest BCUT2D eigenvalue weighted by atomic mass is 9.93. The smallest absolute Gasteiger partial charge is 0.240 e. The maximum absolute atomic E-state index is 14.5. The van der Waals surface area contributed by atoms with Gasteiger partial charge in [0.25, 0.3) is 0 Å². The number of ketones is 3. The van der Waals surface area contributed by atoms with E-state index in [-0.39, 0.29) is 68.3 Å². The lowest BCUT2D eigenvalue weighted by Crippen LogP contribution is -2.52. The first-order chi connectivity index (χ1) is 47.0. The van der Waals surface area contributed by atoms with Crippen molar-refractivity contribution in [2.24, 2.45) is 4.99 Å². The minimum atomic E-state index is -0.628. The third kappa shape index (κ3) is 22.6. The molecule has 2 amide bonds. The van der Waals surface area contributed by atoms with Crippen LogP contribution in [-0.4, -0.2) is 189 Å².